The summed E-state index contributed by atoms with van der Waals surface area (Å²) < 4.78 is 1.06. The molecule has 1 unspecified atom stereocenters. The number of nitrogens with one attached hydrogen (secondary N) is 1. The van der Waals surface area contributed by atoms with Gasteiger partial charge in [0.05, 0.1) is 4.83 Å². The summed E-state index contributed by atoms with van der Waals surface area (Å²) in [5.74, 6) is 0. The second kappa shape index (κ2) is 5.81. The zero-order valence-electron chi connectivity index (χ0n) is 11.4. The molecule has 2 aromatic carbocycles. The number of fused-ring (bicyclic) bond motifs is 1. The smallest absolute Gasteiger partial charge is 0.321 e. The van der Waals surface area contributed by atoms with Crippen LogP contribution < -0.4 is 5.32 Å². The SMILES string of the molecule is CN1Cc2cc(C(Br)c3cccc(Br)c3)ccc2NC1=O. The van der Waals surface area contributed by atoms with Gasteiger partial charge in [-0.2, -0.15) is 0 Å². The number of anilines is 1. The summed E-state index contributed by atoms with van der Waals surface area (Å²) >= 11 is 7.26. The van der Waals surface area contributed by atoms with Gasteiger partial charge in [-0.1, -0.05) is 56.1 Å². The average molecular weight is 410 g/mol. The molecule has 3 rings (SSSR count). The normalized spacial score (nSPS) is 15.4. The van der Waals surface area contributed by atoms with Gasteiger partial charge in [0.15, 0.2) is 0 Å². The predicted molar refractivity (Wildman–Crippen MR) is 91.8 cm³/mol. The molecule has 0 saturated heterocycles. The standard InChI is InChI=1S/C16H14Br2N2O/c1-20-9-12-7-11(5-6-14(12)19-16(20)21)15(18)10-3-2-4-13(17)8-10/h2-8,15H,9H2,1H3,(H,19,21). The van der Waals surface area contributed by atoms with E-state index in [0.29, 0.717) is 6.54 Å². The van der Waals surface area contributed by atoms with Gasteiger partial charge in [-0.05, 0) is 34.9 Å². The van der Waals surface area contributed by atoms with Gasteiger partial charge in [-0.3, -0.25) is 0 Å². The van der Waals surface area contributed by atoms with Crippen molar-refractivity contribution in [1.29, 1.82) is 0 Å². The van der Waals surface area contributed by atoms with E-state index in [9.17, 15) is 4.79 Å². The second-order valence-corrected chi connectivity index (χ2v) is 6.95. The van der Waals surface area contributed by atoms with Crippen molar-refractivity contribution in [2.45, 2.75) is 11.4 Å². The number of amides is 2. The Kier molecular flexibility index (Phi) is 4.04. The number of halogens is 2. The first-order valence-electron chi connectivity index (χ1n) is 6.59. The third kappa shape index (κ3) is 2.99. The van der Waals surface area contributed by atoms with Crippen LogP contribution in [0.25, 0.3) is 0 Å². The van der Waals surface area contributed by atoms with Crippen molar-refractivity contribution in [3.63, 3.8) is 0 Å². The molecule has 1 heterocycles. The Labute approximate surface area is 140 Å². The number of urea groups is 1. The number of carbonyl (C=O) groups excluding carboxylic acids is 1. The fourth-order valence-corrected chi connectivity index (χ4v) is 3.41. The molecule has 0 saturated carbocycles. The lowest BCUT2D eigenvalue weighted by Crippen LogP contribution is -2.35. The molecule has 1 N–H and O–H groups in total. The number of hydrogen-bond acceptors (Lipinski definition) is 1. The molecule has 1 aliphatic heterocycles. The quantitative estimate of drug-likeness (QED) is 0.702. The van der Waals surface area contributed by atoms with E-state index in [4.69, 9.17) is 0 Å². The van der Waals surface area contributed by atoms with Gasteiger partial charge >= 0.3 is 6.03 Å². The third-order valence-corrected chi connectivity index (χ3v) is 5.11. The molecule has 5 heteroatoms. The van der Waals surface area contributed by atoms with Crippen LogP contribution in [0.2, 0.25) is 0 Å². The van der Waals surface area contributed by atoms with E-state index in [0.717, 1.165) is 15.7 Å². The van der Waals surface area contributed by atoms with Gasteiger partial charge in [0.1, 0.15) is 0 Å². The summed E-state index contributed by atoms with van der Waals surface area (Å²) in [6.45, 7) is 0.632. The first-order valence-corrected chi connectivity index (χ1v) is 8.30. The molecule has 1 aliphatic rings. The zero-order chi connectivity index (χ0) is 15.0. The molecule has 0 bridgehead atoms. The summed E-state index contributed by atoms with van der Waals surface area (Å²) in [4.78, 5) is 13.4. The van der Waals surface area contributed by atoms with E-state index in [-0.39, 0.29) is 10.9 Å². The molecule has 1 atom stereocenters. The number of alkyl halides is 1. The highest BCUT2D eigenvalue weighted by Crippen LogP contribution is 2.35. The average Bonchev–Trinajstić information content (AvgIpc) is 2.47. The van der Waals surface area contributed by atoms with Crippen molar-refractivity contribution in [3.8, 4) is 0 Å². The Hall–Kier alpha value is -1.33. The summed E-state index contributed by atoms with van der Waals surface area (Å²) in [5, 5.41) is 2.89. The summed E-state index contributed by atoms with van der Waals surface area (Å²) in [6, 6.07) is 14.3. The molecule has 0 aliphatic carbocycles. The number of carbonyl (C=O) groups is 1. The Morgan fingerprint density at radius 3 is 2.71 bits per heavy atom. The molecular weight excluding hydrogens is 396 g/mol. The number of rotatable bonds is 2. The van der Waals surface area contributed by atoms with Crippen LogP contribution >= 0.6 is 31.9 Å². The van der Waals surface area contributed by atoms with E-state index >= 15 is 0 Å². The minimum Gasteiger partial charge on any atom is -0.323 e. The minimum atomic E-state index is -0.0577. The Morgan fingerprint density at radius 1 is 1.19 bits per heavy atom. The zero-order valence-corrected chi connectivity index (χ0v) is 14.6. The maximum atomic E-state index is 11.6. The fraction of sp³-hybridized carbons (Fsp3) is 0.188. The van der Waals surface area contributed by atoms with Crippen molar-refractivity contribution >= 4 is 43.6 Å². The van der Waals surface area contributed by atoms with Gasteiger partial charge in [0.25, 0.3) is 0 Å². The van der Waals surface area contributed by atoms with Crippen molar-refractivity contribution in [2.75, 3.05) is 12.4 Å². The van der Waals surface area contributed by atoms with Crippen LogP contribution in [-0.4, -0.2) is 18.0 Å². The highest BCUT2D eigenvalue weighted by Gasteiger charge is 2.20. The summed E-state index contributed by atoms with van der Waals surface area (Å²) in [5.41, 5.74) is 4.40. The first kappa shape index (κ1) is 14.6. The maximum absolute atomic E-state index is 11.6. The summed E-state index contributed by atoms with van der Waals surface area (Å²) in [6.07, 6.45) is 0. The number of hydrogen-bond donors (Lipinski definition) is 1. The van der Waals surface area contributed by atoms with Crippen LogP contribution in [-0.2, 0) is 6.54 Å². The molecule has 108 valence electrons. The van der Waals surface area contributed by atoms with Gasteiger partial charge in [-0.15, -0.1) is 0 Å². The number of benzene rings is 2. The molecule has 0 spiro atoms. The Bertz CT molecular complexity index is 702. The predicted octanol–water partition coefficient (Wildman–Crippen LogP) is 4.91. The van der Waals surface area contributed by atoms with Gasteiger partial charge in [-0.25, -0.2) is 4.79 Å². The minimum absolute atomic E-state index is 0.0577. The van der Waals surface area contributed by atoms with Crippen LogP contribution in [0.4, 0.5) is 10.5 Å². The van der Waals surface area contributed by atoms with Crippen molar-refractivity contribution in [2.24, 2.45) is 0 Å². The molecule has 21 heavy (non-hydrogen) atoms. The monoisotopic (exact) mass is 408 g/mol. The van der Waals surface area contributed by atoms with Crippen LogP contribution in [0.3, 0.4) is 0 Å². The fourth-order valence-electron chi connectivity index (χ4n) is 2.42. The third-order valence-electron chi connectivity index (χ3n) is 3.56. The lowest BCUT2D eigenvalue weighted by molar-refractivity contribution is 0.218. The van der Waals surface area contributed by atoms with Crippen LogP contribution in [0.15, 0.2) is 46.9 Å². The van der Waals surface area contributed by atoms with Crippen molar-refractivity contribution < 1.29 is 4.79 Å². The summed E-state index contributed by atoms with van der Waals surface area (Å²) in [7, 11) is 1.80. The van der Waals surface area contributed by atoms with E-state index in [2.05, 4.69) is 55.4 Å². The molecule has 2 amide bonds. The number of nitrogens with zero attached hydrogens (tertiary/aromatic N) is 1. The lowest BCUT2D eigenvalue weighted by Gasteiger charge is -2.26. The largest absolute Gasteiger partial charge is 0.323 e. The van der Waals surface area contributed by atoms with E-state index < -0.39 is 0 Å². The van der Waals surface area contributed by atoms with Crippen molar-refractivity contribution in [3.05, 3.63) is 63.6 Å². The Morgan fingerprint density at radius 2 is 1.95 bits per heavy atom. The first-order chi connectivity index (χ1) is 10.0. The van der Waals surface area contributed by atoms with Gasteiger partial charge < -0.3 is 10.2 Å². The highest BCUT2D eigenvalue weighted by atomic mass is 79.9. The topological polar surface area (TPSA) is 32.3 Å². The molecule has 2 aromatic rings. The maximum Gasteiger partial charge on any atom is 0.321 e. The van der Waals surface area contributed by atoms with E-state index in [1.54, 1.807) is 11.9 Å². The van der Waals surface area contributed by atoms with E-state index in [1.165, 1.54) is 11.1 Å². The van der Waals surface area contributed by atoms with Crippen LogP contribution in [0, 0.1) is 0 Å². The highest BCUT2D eigenvalue weighted by molar-refractivity contribution is 9.10. The van der Waals surface area contributed by atoms with Crippen LogP contribution in [0.1, 0.15) is 21.5 Å². The van der Waals surface area contributed by atoms with E-state index in [1.807, 2.05) is 24.3 Å². The molecule has 0 aromatic heterocycles. The molecule has 0 radical (unpaired) electrons. The molecule has 0 fully saturated rings. The Balaban J connectivity index is 1.93. The second-order valence-electron chi connectivity index (χ2n) is 5.12. The van der Waals surface area contributed by atoms with Gasteiger partial charge in [0, 0.05) is 23.8 Å². The van der Waals surface area contributed by atoms with Gasteiger partial charge in [0.2, 0.25) is 0 Å². The molecular formula is C16H14Br2N2O. The lowest BCUT2D eigenvalue weighted by atomic mass is 10.0. The van der Waals surface area contributed by atoms with Crippen LogP contribution in [0.5, 0.6) is 0 Å². The van der Waals surface area contributed by atoms with Crippen molar-refractivity contribution in [1.82, 2.24) is 4.90 Å². The molecule has 3 nitrogen and oxygen atoms in total.